The molecule has 1 saturated heterocycles. The van der Waals surface area contributed by atoms with Crippen LogP contribution in [0.2, 0.25) is 0 Å². The van der Waals surface area contributed by atoms with Gasteiger partial charge in [-0.15, -0.1) is 12.4 Å². The summed E-state index contributed by atoms with van der Waals surface area (Å²) in [7, 11) is 0. The highest BCUT2D eigenvalue weighted by molar-refractivity contribution is 5.85. The molecule has 0 aromatic rings. The summed E-state index contributed by atoms with van der Waals surface area (Å²) in [6.07, 6.45) is 26.3. The first kappa shape index (κ1) is 27.2. The van der Waals surface area contributed by atoms with Crippen LogP contribution in [0.25, 0.3) is 0 Å². The number of hydrogen-bond donors (Lipinski definition) is 0. The van der Waals surface area contributed by atoms with E-state index in [9.17, 15) is 0 Å². The van der Waals surface area contributed by atoms with Crippen molar-refractivity contribution in [1.29, 1.82) is 0 Å². The second-order valence-electron chi connectivity index (χ2n) is 8.46. The summed E-state index contributed by atoms with van der Waals surface area (Å²) >= 11 is 0. The molecule has 0 saturated carbocycles. The third-order valence-corrected chi connectivity index (χ3v) is 5.93. The van der Waals surface area contributed by atoms with Crippen LogP contribution in [0, 0.1) is 0 Å². The molecule has 0 spiro atoms. The van der Waals surface area contributed by atoms with Gasteiger partial charge < -0.3 is 4.74 Å². The van der Waals surface area contributed by atoms with Crippen LogP contribution < -0.4 is 0 Å². The molecule has 27 heavy (non-hydrogen) atoms. The predicted molar refractivity (Wildman–Crippen MR) is 123 cm³/mol. The zero-order valence-corrected chi connectivity index (χ0v) is 19.3. The minimum atomic E-state index is 0. The third kappa shape index (κ3) is 19.3. The highest BCUT2D eigenvalue weighted by atomic mass is 35.5. The lowest BCUT2D eigenvalue weighted by Crippen LogP contribution is -2.36. The molecule has 164 valence electrons. The van der Waals surface area contributed by atoms with E-state index in [2.05, 4.69) is 11.8 Å². The zero-order valence-electron chi connectivity index (χ0n) is 18.5. The molecule has 1 heterocycles. The van der Waals surface area contributed by atoms with E-state index in [0.717, 1.165) is 26.3 Å². The van der Waals surface area contributed by atoms with Crippen LogP contribution in [-0.4, -0.2) is 37.7 Å². The molecule has 0 radical (unpaired) electrons. The van der Waals surface area contributed by atoms with Gasteiger partial charge in [0, 0.05) is 13.1 Å². The molecule has 1 rings (SSSR count). The first-order valence-corrected chi connectivity index (χ1v) is 12.2. The van der Waals surface area contributed by atoms with E-state index in [0.29, 0.717) is 0 Å². The van der Waals surface area contributed by atoms with E-state index in [1.54, 1.807) is 0 Å². The molecular formula is C24H50ClNO. The average Bonchev–Trinajstić information content (AvgIpc) is 2.68. The van der Waals surface area contributed by atoms with Gasteiger partial charge in [0.05, 0.1) is 13.2 Å². The van der Waals surface area contributed by atoms with Gasteiger partial charge in [0.2, 0.25) is 0 Å². The van der Waals surface area contributed by atoms with Gasteiger partial charge in [-0.05, 0) is 13.0 Å². The molecule has 0 amide bonds. The Balaban J connectivity index is 0.00000676. The Kier molecular flexibility index (Phi) is 22.7. The van der Waals surface area contributed by atoms with Gasteiger partial charge >= 0.3 is 0 Å². The van der Waals surface area contributed by atoms with Gasteiger partial charge in [0.15, 0.2) is 0 Å². The molecule has 0 aromatic carbocycles. The second-order valence-corrected chi connectivity index (χ2v) is 8.46. The molecule has 1 fully saturated rings. The fraction of sp³-hybridized carbons (Fsp3) is 1.00. The number of ether oxygens (including phenoxy) is 1. The van der Waals surface area contributed by atoms with Gasteiger partial charge in [-0.25, -0.2) is 0 Å². The van der Waals surface area contributed by atoms with Gasteiger partial charge in [-0.2, -0.15) is 0 Å². The Hall–Kier alpha value is 0.210. The molecule has 0 unspecified atom stereocenters. The summed E-state index contributed by atoms with van der Waals surface area (Å²) in [4.78, 5) is 2.57. The van der Waals surface area contributed by atoms with Gasteiger partial charge in [0.25, 0.3) is 0 Å². The Morgan fingerprint density at radius 3 is 1.22 bits per heavy atom. The van der Waals surface area contributed by atoms with E-state index >= 15 is 0 Å². The molecule has 0 N–H and O–H groups in total. The van der Waals surface area contributed by atoms with Crippen molar-refractivity contribution in [2.45, 2.75) is 122 Å². The Morgan fingerprint density at radius 2 is 0.852 bits per heavy atom. The van der Waals surface area contributed by atoms with E-state index in [1.807, 2.05) is 0 Å². The summed E-state index contributed by atoms with van der Waals surface area (Å²) < 4.78 is 5.40. The first-order valence-electron chi connectivity index (χ1n) is 12.2. The quantitative estimate of drug-likeness (QED) is 0.204. The SMILES string of the molecule is CCCCCCCCCCCCCCCCCCCCN1CCOCC1.Cl. The number of unbranched alkanes of at least 4 members (excludes halogenated alkanes) is 17. The van der Waals surface area contributed by atoms with Crippen molar-refractivity contribution in [3.05, 3.63) is 0 Å². The van der Waals surface area contributed by atoms with E-state index in [-0.39, 0.29) is 12.4 Å². The maximum absolute atomic E-state index is 5.40. The van der Waals surface area contributed by atoms with Crippen LogP contribution in [0.3, 0.4) is 0 Å². The summed E-state index contributed by atoms with van der Waals surface area (Å²) in [6.45, 7) is 7.78. The predicted octanol–water partition coefficient (Wildman–Crippen LogP) is 7.78. The third-order valence-electron chi connectivity index (χ3n) is 5.93. The summed E-state index contributed by atoms with van der Waals surface area (Å²) in [5.74, 6) is 0. The fourth-order valence-corrected chi connectivity index (χ4v) is 4.06. The zero-order chi connectivity index (χ0) is 18.5. The van der Waals surface area contributed by atoms with E-state index in [4.69, 9.17) is 4.74 Å². The standard InChI is InChI=1S/C24H49NO.ClH/c1-2-3-4-5-6-7-8-9-10-11-12-13-14-15-16-17-18-19-20-25-21-23-26-24-22-25;/h2-24H2,1H3;1H. The monoisotopic (exact) mass is 403 g/mol. The summed E-state index contributed by atoms with van der Waals surface area (Å²) in [6, 6.07) is 0. The molecule has 1 aliphatic heterocycles. The molecule has 0 aromatic heterocycles. The molecule has 0 bridgehead atoms. The van der Waals surface area contributed by atoms with Crippen molar-refractivity contribution < 1.29 is 4.74 Å². The second kappa shape index (κ2) is 22.5. The van der Waals surface area contributed by atoms with Crippen molar-refractivity contribution in [3.8, 4) is 0 Å². The summed E-state index contributed by atoms with van der Waals surface area (Å²) in [5.41, 5.74) is 0. The molecular weight excluding hydrogens is 354 g/mol. The van der Waals surface area contributed by atoms with E-state index in [1.165, 1.54) is 122 Å². The minimum Gasteiger partial charge on any atom is -0.379 e. The van der Waals surface area contributed by atoms with Crippen LogP contribution in [0.1, 0.15) is 122 Å². The minimum absolute atomic E-state index is 0. The van der Waals surface area contributed by atoms with Crippen molar-refractivity contribution in [3.63, 3.8) is 0 Å². The number of hydrogen-bond acceptors (Lipinski definition) is 2. The van der Waals surface area contributed by atoms with Crippen LogP contribution in [0.4, 0.5) is 0 Å². The average molecular weight is 404 g/mol. The van der Waals surface area contributed by atoms with Gasteiger partial charge in [-0.1, -0.05) is 116 Å². The molecule has 3 heteroatoms. The molecule has 0 atom stereocenters. The van der Waals surface area contributed by atoms with Crippen LogP contribution in [-0.2, 0) is 4.74 Å². The van der Waals surface area contributed by atoms with Crippen LogP contribution >= 0.6 is 12.4 Å². The Bertz CT molecular complexity index is 269. The lowest BCUT2D eigenvalue weighted by Gasteiger charge is -2.26. The van der Waals surface area contributed by atoms with Crippen molar-refractivity contribution in [2.75, 3.05) is 32.8 Å². The lowest BCUT2D eigenvalue weighted by molar-refractivity contribution is 0.0371. The van der Waals surface area contributed by atoms with Crippen molar-refractivity contribution in [1.82, 2.24) is 4.90 Å². The Labute approximate surface area is 177 Å². The fourth-order valence-electron chi connectivity index (χ4n) is 4.06. The number of nitrogens with zero attached hydrogens (tertiary/aromatic N) is 1. The molecule has 1 aliphatic rings. The molecule has 0 aliphatic carbocycles. The van der Waals surface area contributed by atoms with Crippen molar-refractivity contribution in [2.24, 2.45) is 0 Å². The van der Waals surface area contributed by atoms with Crippen molar-refractivity contribution >= 4 is 12.4 Å². The normalized spacial score (nSPS) is 15.0. The highest BCUT2D eigenvalue weighted by Crippen LogP contribution is 2.14. The van der Waals surface area contributed by atoms with Crippen LogP contribution in [0.5, 0.6) is 0 Å². The van der Waals surface area contributed by atoms with Gasteiger partial charge in [0.1, 0.15) is 0 Å². The first-order chi connectivity index (χ1) is 12.9. The lowest BCUT2D eigenvalue weighted by atomic mass is 10.0. The number of morpholine rings is 1. The largest absolute Gasteiger partial charge is 0.379 e. The molecule has 2 nitrogen and oxygen atoms in total. The summed E-state index contributed by atoms with van der Waals surface area (Å²) in [5, 5.41) is 0. The number of rotatable bonds is 19. The van der Waals surface area contributed by atoms with E-state index < -0.39 is 0 Å². The van der Waals surface area contributed by atoms with Crippen LogP contribution in [0.15, 0.2) is 0 Å². The Morgan fingerprint density at radius 1 is 0.519 bits per heavy atom. The maximum atomic E-state index is 5.40. The van der Waals surface area contributed by atoms with Gasteiger partial charge in [-0.3, -0.25) is 4.90 Å². The highest BCUT2D eigenvalue weighted by Gasteiger charge is 2.08. The maximum Gasteiger partial charge on any atom is 0.0594 e. The topological polar surface area (TPSA) is 12.5 Å². The smallest absolute Gasteiger partial charge is 0.0594 e. The number of halogens is 1.